The fourth-order valence-corrected chi connectivity index (χ4v) is 4.65. The molecule has 28 heavy (non-hydrogen) atoms. The van der Waals surface area contributed by atoms with Crippen molar-refractivity contribution in [2.45, 2.75) is 44.6 Å². The van der Waals surface area contributed by atoms with Crippen LogP contribution in [0.25, 0.3) is 22.5 Å². The van der Waals surface area contributed by atoms with E-state index in [0.29, 0.717) is 5.56 Å². The number of amides is 1. The second-order valence-electron chi connectivity index (χ2n) is 8.30. The maximum absolute atomic E-state index is 13.5. The van der Waals surface area contributed by atoms with Gasteiger partial charge in [-0.05, 0) is 55.9 Å². The number of aryl methyl sites for hydroxylation is 2. The summed E-state index contributed by atoms with van der Waals surface area (Å²) in [5.74, 6) is -0.395. The lowest BCUT2D eigenvalue weighted by Crippen LogP contribution is -2.43. The Kier molecular flexibility index (Phi) is 3.01. The first-order valence-corrected chi connectivity index (χ1v) is 9.71. The first-order chi connectivity index (χ1) is 13.5. The van der Waals surface area contributed by atoms with E-state index in [0.717, 1.165) is 71.4 Å². The molecule has 2 aliphatic carbocycles. The molecule has 0 atom stereocenters. The van der Waals surface area contributed by atoms with Crippen LogP contribution in [0.5, 0.6) is 0 Å². The monoisotopic (exact) mass is 374 g/mol. The first-order valence-electron chi connectivity index (χ1n) is 9.71. The molecule has 0 unspecified atom stereocenters. The minimum absolute atomic E-state index is 0.0128. The van der Waals surface area contributed by atoms with Crippen molar-refractivity contribution in [3.05, 3.63) is 58.4 Å². The van der Waals surface area contributed by atoms with Crippen molar-refractivity contribution in [2.24, 2.45) is 0 Å². The molecule has 2 N–H and O–H groups in total. The zero-order chi connectivity index (χ0) is 19.0. The molecule has 3 aromatic rings. The van der Waals surface area contributed by atoms with E-state index < -0.39 is 5.95 Å². The van der Waals surface area contributed by atoms with Crippen molar-refractivity contribution in [1.29, 1.82) is 0 Å². The third kappa shape index (κ3) is 2.20. The van der Waals surface area contributed by atoms with Gasteiger partial charge < -0.3 is 10.3 Å². The molecule has 3 aliphatic rings. The summed E-state index contributed by atoms with van der Waals surface area (Å²) >= 11 is 0. The third-order valence-corrected chi connectivity index (χ3v) is 6.37. The van der Waals surface area contributed by atoms with Gasteiger partial charge in [-0.1, -0.05) is 0 Å². The SMILES string of the molecule is Cc1cc(-c2cc3c(cn2)CCc2c-3[nH]c3c2C(=O)NC2(CC2)C3)cnc1F. The molecule has 1 spiro atoms. The fourth-order valence-electron chi connectivity index (χ4n) is 4.65. The maximum atomic E-state index is 13.5. The highest BCUT2D eigenvalue weighted by molar-refractivity contribution is 6.01. The molecule has 140 valence electrons. The van der Waals surface area contributed by atoms with E-state index in [1.54, 1.807) is 13.0 Å². The highest BCUT2D eigenvalue weighted by Crippen LogP contribution is 2.45. The quantitative estimate of drug-likeness (QED) is 0.641. The number of nitrogens with one attached hydrogen (secondary N) is 2. The van der Waals surface area contributed by atoms with Crippen LogP contribution >= 0.6 is 0 Å². The summed E-state index contributed by atoms with van der Waals surface area (Å²) < 4.78 is 13.5. The molecule has 5 nitrogen and oxygen atoms in total. The smallest absolute Gasteiger partial charge is 0.253 e. The number of hydrogen-bond donors (Lipinski definition) is 2. The predicted molar refractivity (Wildman–Crippen MR) is 102 cm³/mol. The molecule has 1 saturated carbocycles. The maximum Gasteiger partial charge on any atom is 0.253 e. The van der Waals surface area contributed by atoms with E-state index >= 15 is 0 Å². The molecule has 0 radical (unpaired) electrons. The van der Waals surface area contributed by atoms with Crippen molar-refractivity contribution in [2.75, 3.05) is 0 Å². The van der Waals surface area contributed by atoms with Crippen LogP contribution in [0.4, 0.5) is 4.39 Å². The van der Waals surface area contributed by atoms with Crippen molar-refractivity contribution in [3.8, 4) is 22.5 Å². The van der Waals surface area contributed by atoms with Gasteiger partial charge in [0, 0.05) is 46.7 Å². The number of fused-ring (bicyclic) bond motifs is 5. The lowest BCUT2D eigenvalue weighted by Gasteiger charge is -2.24. The van der Waals surface area contributed by atoms with Crippen molar-refractivity contribution >= 4 is 5.91 Å². The summed E-state index contributed by atoms with van der Waals surface area (Å²) in [7, 11) is 0. The van der Waals surface area contributed by atoms with Crippen LogP contribution in [0.3, 0.4) is 0 Å². The minimum Gasteiger partial charge on any atom is -0.357 e. The van der Waals surface area contributed by atoms with Gasteiger partial charge in [-0.25, -0.2) is 4.98 Å². The summed E-state index contributed by atoms with van der Waals surface area (Å²) in [6.45, 7) is 1.70. The van der Waals surface area contributed by atoms with E-state index in [1.165, 1.54) is 11.8 Å². The van der Waals surface area contributed by atoms with E-state index in [-0.39, 0.29) is 11.4 Å². The van der Waals surface area contributed by atoms with Gasteiger partial charge in [0.15, 0.2) is 0 Å². The second kappa shape index (κ2) is 5.28. The molecule has 6 rings (SSSR count). The Labute approximate surface area is 161 Å². The standard InChI is InChI=1S/C22H19FN4O/c1-11-6-13(10-25-20(11)23)16-7-15-12(9-24-16)2-3-14-18-17(26-19(14)15)8-22(4-5-22)27-21(18)28/h6-7,9-10,26H,2-5,8H2,1H3,(H,27,28). The molecular formula is C22H19FN4O. The Balaban J connectivity index is 1.49. The number of aromatic amines is 1. The molecule has 0 aromatic carbocycles. The van der Waals surface area contributed by atoms with Crippen LogP contribution < -0.4 is 5.32 Å². The lowest BCUT2D eigenvalue weighted by molar-refractivity contribution is 0.0917. The average molecular weight is 374 g/mol. The second-order valence-corrected chi connectivity index (χ2v) is 8.30. The van der Waals surface area contributed by atoms with Gasteiger partial charge in [0.1, 0.15) is 0 Å². The number of H-pyrrole nitrogens is 1. The highest BCUT2D eigenvalue weighted by Gasteiger charge is 2.49. The van der Waals surface area contributed by atoms with E-state index in [9.17, 15) is 9.18 Å². The fraction of sp³-hybridized carbons (Fsp3) is 0.318. The topological polar surface area (TPSA) is 70.7 Å². The van der Waals surface area contributed by atoms with Crippen molar-refractivity contribution in [3.63, 3.8) is 0 Å². The number of halogens is 1. The van der Waals surface area contributed by atoms with E-state index in [4.69, 9.17) is 0 Å². The van der Waals surface area contributed by atoms with Crippen LogP contribution in [0.15, 0.2) is 24.5 Å². The molecule has 1 aliphatic heterocycles. The van der Waals surface area contributed by atoms with Crippen LogP contribution in [0.1, 0.15) is 45.6 Å². The number of aromatic nitrogens is 3. The Hall–Kier alpha value is -3.02. The van der Waals surface area contributed by atoms with Gasteiger partial charge in [0.2, 0.25) is 5.95 Å². The molecule has 6 heteroatoms. The van der Waals surface area contributed by atoms with Gasteiger partial charge >= 0.3 is 0 Å². The zero-order valence-electron chi connectivity index (χ0n) is 15.5. The van der Waals surface area contributed by atoms with Crippen molar-refractivity contribution in [1.82, 2.24) is 20.3 Å². The summed E-state index contributed by atoms with van der Waals surface area (Å²) in [6, 6.07) is 3.80. The Morgan fingerprint density at radius 1 is 1.14 bits per heavy atom. The lowest BCUT2D eigenvalue weighted by atomic mass is 9.87. The van der Waals surface area contributed by atoms with Gasteiger partial charge in [-0.3, -0.25) is 9.78 Å². The van der Waals surface area contributed by atoms with Gasteiger partial charge in [0.25, 0.3) is 5.91 Å². The molecule has 3 aromatic heterocycles. The Bertz CT molecular complexity index is 1180. The van der Waals surface area contributed by atoms with E-state index in [1.807, 2.05) is 12.3 Å². The number of rotatable bonds is 1. The number of carbonyl (C=O) groups is 1. The van der Waals surface area contributed by atoms with Crippen LogP contribution in [-0.2, 0) is 19.3 Å². The molecule has 1 amide bonds. The summed E-state index contributed by atoms with van der Waals surface area (Å²) in [6.07, 6.45) is 8.12. The first kappa shape index (κ1) is 16.0. The van der Waals surface area contributed by atoms with Crippen molar-refractivity contribution < 1.29 is 9.18 Å². The van der Waals surface area contributed by atoms with Crippen LogP contribution in [-0.4, -0.2) is 26.4 Å². The number of nitrogens with zero attached hydrogens (tertiary/aromatic N) is 2. The summed E-state index contributed by atoms with van der Waals surface area (Å²) in [5, 5.41) is 3.22. The normalized spacial score (nSPS) is 18.3. The van der Waals surface area contributed by atoms with Crippen LogP contribution in [0.2, 0.25) is 0 Å². The number of hydrogen-bond acceptors (Lipinski definition) is 3. The minimum atomic E-state index is -0.457. The van der Waals surface area contributed by atoms with Gasteiger partial charge in [-0.2, -0.15) is 4.39 Å². The van der Waals surface area contributed by atoms with Gasteiger partial charge in [-0.15, -0.1) is 0 Å². The predicted octanol–water partition coefficient (Wildman–Crippen LogP) is 3.50. The Morgan fingerprint density at radius 2 is 2.00 bits per heavy atom. The molecule has 0 bridgehead atoms. The van der Waals surface area contributed by atoms with Gasteiger partial charge in [0.05, 0.1) is 17.0 Å². The summed E-state index contributed by atoms with van der Waals surface area (Å²) in [5.41, 5.74) is 8.35. The Morgan fingerprint density at radius 3 is 2.79 bits per heavy atom. The van der Waals surface area contributed by atoms with E-state index in [2.05, 4.69) is 20.3 Å². The molecule has 4 heterocycles. The summed E-state index contributed by atoms with van der Waals surface area (Å²) in [4.78, 5) is 24.7. The third-order valence-electron chi connectivity index (χ3n) is 6.37. The largest absolute Gasteiger partial charge is 0.357 e. The van der Waals surface area contributed by atoms with Crippen LogP contribution in [0, 0.1) is 12.9 Å². The molecular weight excluding hydrogens is 355 g/mol. The molecule has 1 fully saturated rings. The number of carbonyl (C=O) groups excluding carboxylic acids is 1. The molecule has 0 saturated heterocycles. The highest BCUT2D eigenvalue weighted by atomic mass is 19.1. The zero-order valence-corrected chi connectivity index (χ0v) is 15.5. The number of pyridine rings is 2. The average Bonchev–Trinajstić information content (AvgIpc) is 3.30.